The maximum absolute atomic E-state index is 12.1. The highest BCUT2D eigenvalue weighted by Crippen LogP contribution is 2.23. The van der Waals surface area contributed by atoms with Gasteiger partial charge in [0.25, 0.3) is 0 Å². The zero-order chi connectivity index (χ0) is 15.2. The van der Waals surface area contributed by atoms with E-state index >= 15 is 0 Å². The highest BCUT2D eigenvalue weighted by molar-refractivity contribution is 5.91. The average Bonchev–Trinajstić information content (AvgIpc) is 2.47. The first-order chi connectivity index (χ1) is 10.1. The molecule has 0 saturated carbocycles. The summed E-state index contributed by atoms with van der Waals surface area (Å²) >= 11 is 0. The van der Waals surface area contributed by atoms with Crippen molar-refractivity contribution < 1.29 is 4.79 Å². The Morgan fingerprint density at radius 1 is 1.10 bits per heavy atom. The highest BCUT2D eigenvalue weighted by atomic mass is 16.1. The number of nitrogen functional groups attached to an aromatic ring is 1. The van der Waals surface area contributed by atoms with Crippen molar-refractivity contribution >= 4 is 17.3 Å². The molecular formula is C18H22N2O. The van der Waals surface area contributed by atoms with E-state index in [0.29, 0.717) is 12.3 Å². The van der Waals surface area contributed by atoms with E-state index in [1.807, 2.05) is 42.5 Å². The van der Waals surface area contributed by atoms with Crippen LogP contribution in [0.15, 0.2) is 48.5 Å². The van der Waals surface area contributed by atoms with Gasteiger partial charge in [-0.1, -0.05) is 44.2 Å². The van der Waals surface area contributed by atoms with Crippen LogP contribution < -0.4 is 11.1 Å². The lowest BCUT2D eigenvalue weighted by molar-refractivity contribution is -0.116. The number of aryl methyl sites for hydroxylation is 1. The number of anilines is 2. The van der Waals surface area contributed by atoms with E-state index in [9.17, 15) is 4.79 Å². The summed E-state index contributed by atoms with van der Waals surface area (Å²) < 4.78 is 0. The number of carbonyl (C=O) groups excluding carboxylic acids is 1. The molecule has 0 aliphatic rings. The van der Waals surface area contributed by atoms with Crippen LogP contribution in [0.2, 0.25) is 0 Å². The summed E-state index contributed by atoms with van der Waals surface area (Å²) in [5, 5.41) is 3.01. The van der Waals surface area contributed by atoms with Gasteiger partial charge in [-0.15, -0.1) is 0 Å². The highest BCUT2D eigenvalue weighted by Gasteiger charge is 2.09. The predicted molar refractivity (Wildman–Crippen MR) is 88.3 cm³/mol. The third-order valence-corrected chi connectivity index (χ3v) is 3.48. The number of para-hydroxylation sites is 1. The van der Waals surface area contributed by atoms with Crippen molar-refractivity contribution in [1.29, 1.82) is 0 Å². The molecule has 3 heteroatoms. The van der Waals surface area contributed by atoms with Gasteiger partial charge in [0.1, 0.15) is 0 Å². The predicted octanol–water partition coefficient (Wildman–Crippen LogP) is 3.96. The summed E-state index contributed by atoms with van der Waals surface area (Å²) in [6.45, 7) is 4.25. The van der Waals surface area contributed by atoms with E-state index in [0.717, 1.165) is 23.4 Å². The number of benzene rings is 2. The minimum atomic E-state index is 0.0416. The zero-order valence-electron chi connectivity index (χ0n) is 12.6. The molecule has 3 nitrogen and oxygen atoms in total. The van der Waals surface area contributed by atoms with Gasteiger partial charge in [0, 0.05) is 17.8 Å². The van der Waals surface area contributed by atoms with Crippen LogP contribution in [0.3, 0.4) is 0 Å². The van der Waals surface area contributed by atoms with Crippen LogP contribution in [0.1, 0.15) is 37.3 Å². The molecule has 0 fully saturated rings. The van der Waals surface area contributed by atoms with Crippen LogP contribution in [0.5, 0.6) is 0 Å². The Balaban J connectivity index is 1.94. The molecule has 0 saturated heterocycles. The summed E-state index contributed by atoms with van der Waals surface area (Å²) in [6.07, 6.45) is 1.19. The first-order valence-electron chi connectivity index (χ1n) is 7.29. The number of nitrogens with one attached hydrogen (secondary N) is 1. The Labute approximate surface area is 126 Å². The van der Waals surface area contributed by atoms with Gasteiger partial charge in [0.05, 0.1) is 0 Å². The average molecular weight is 282 g/mol. The van der Waals surface area contributed by atoms with Gasteiger partial charge in [0.15, 0.2) is 0 Å². The molecular weight excluding hydrogens is 260 g/mol. The SMILES string of the molecule is CC(C)c1ccccc1NC(=O)CCc1ccc(N)cc1. The molecule has 2 aromatic carbocycles. The molecule has 0 aliphatic carbocycles. The van der Waals surface area contributed by atoms with E-state index in [2.05, 4.69) is 25.2 Å². The topological polar surface area (TPSA) is 55.1 Å². The molecule has 2 rings (SSSR count). The van der Waals surface area contributed by atoms with E-state index < -0.39 is 0 Å². The summed E-state index contributed by atoms with van der Waals surface area (Å²) in [5.74, 6) is 0.429. The van der Waals surface area contributed by atoms with E-state index in [1.54, 1.807) is 0 Å². The lowest BCUT2D eigenvalue weighted by Crippen LogP contribution is -2.14. The Hall–Kier alpha value is -2.29. The molecule has 0 spiro atoms. The largest absolute Gasteiger partial charge is 0.399 e. The summed E-state index contributed by atoms with van der Waals surface area (Å²) in [5.41, 5.74) is 9.59. The van der Waals surface area contributed by atoms with Gasteiger partial charge < -0.3 is 11.1 Å². The molecule has 0 unspecified atom stereocenters. The molecule has 0 radical (unpaired) electrons. The van der Waals surface area contributed by atoms with Crippen LogP contribution in [-0.4, -0.2) is 5.91 Å². The number of amides is 1. The van der Waals surface area contributed by atoms with Crippen LogP contribution in [-0.2, 0) is 11.2 Å². The number of hydrogen-bond donors (Lipinski definition) is 2. The molecule has 21 heavy (non-hydrogen) atoms. The smallest absolute Gasteiger partial charge is 0.224 e. The van der Waals surface area contributed by atoms with Gasteiger partial charge in [-0.3, -0.25) is 4.79 Å². The third kappa shape index (κ3) is 4.35. The third-order valence-electron chi connectivity index (χ3n) is 3.48. The fourth-order valence-electron chi connectivity index (χ4n) is 2.27. The molecule has 1 amide bonds. The van der Waals surface area contributed by atoms with E-state index in [4.69, 9.17) is 5.73 Å². The Morgan fingerprint density at radius 2 is 1.76 bits per heavy atom. The van der Waals surface area contributed by atoms with Crippen molar-refractivity contribution in [3.05, 3.63) is 59.7 Å². The Kier molecular flexibility index (Phi) is 4.99. The molecule has 3 N–H and O–H groups in total. The molecule has 110 valence electrons. The van der Waals surface area contributed by atoms with Crippen LogP contribution in [0.4, 0.5) is 11.4 Å². The first kappa shape index (κ1) is 15.1. The second kappa shape index (κ2) is 6.93. The van der Waals surface area contributed by atoms with Crippen molar-refractivity contribution in [2.75, 3.05) is 11.1 Å². The normalized spacial score (nSPS) is 10.6. The molecule has 0 heterocycles. The monoisotopic (exact) mass is 282 g/mol. The minimum Gasteiger partial charge on any atom is -0.399 e. The van der Waals surface area contributed by atoms with E-state index in [1.165, 1.54) is 5.56 Å². The van der Waals surface area contributed by atoms with E-state index in [-0.39, 0.29) is 5.91 Å². The maximum atomic E-state index is 12.1. The fourth-order valence-corrected chi connectivity index (χ4v) is 2.27. The second-order valence-electron chi connectivity index (χ2n) is 5.53. The van der Waals surface area contributed by atoms with Crippen molar-refractivity contribution in [3.8, 4) is 0 Å². The zero-order valence-corrected chi connectivity index (χ0v) is 12.6. The summed E-state index contributed by atoms with van der Waals surface area (Å²) in [7, 11) is 0. The summed E-state index contributed by atoms with van der Waals surface area (Å²) in [6, 6.07) is 15.6. The van der Waals surface area contributed by atoms with Gasteiger partial charge >= 0.3 is 0 Å². The van der Waals surface area contributed by atoms with Crippen molar-refractivity contribution in [3.63, 3.8) is 0 Å². The van der Waals surface area contributed by atoms with Crippen LogP contribution in [0, 0.1) is 0 Å². The summed E-state index contributed by atoms with van der Waals surface area (Å²) in [4.78, 5) is 12.1. The Morgan fingerprint density at radius 3 is 2.43 bits per heavy atom. The number of rotatable bonds is 5. The van der Waals surface area contributed by atoms with Crippen LogP contribution in [0.25, 0.3) is 0 Å². The number of hydrogen-bond acceptors (Lipinski definition) is 2. The number of carbonyl (C=O) groups is 1. The van der Waals surface area contributed by atoms with Gasteiger partial charge in [-0.05, 0) is 41.7 Å². The molecule has 0 aliphatic heterocycles. The van der Waals surface area contributed by atoms with Crippen LogP contribution >= 0.6 is 0 Å². The lowest BCUT2D eigenvalue weighted by Gasteiger charge is -2.13. The van der Waals surface area contributed by atoms with Crippen molar-refractivity contribution in [2.24, 2.45) is 0 Å². The molecule has 0 aromatic heterocycles. The van der Waals surface area contributed by atoms with Gasteiger partial charge in [-0.2, -0.15) is 0 Å². The minimum absolute atomic E-state index is 0.0416. The second-order valence-corrected chi connectivity index (χ2v) is 5.53. The fraction of sp³-hybridized carbons (Fsp3) is 0.278. The van der Waals surface area contributed by atoms with Crippen molar-refractivity contribution in [2.45, 2.75) is 32.6 Å². The van der Waals surface area contributed by atoms with Crippen molar-refractivity contribution in [1.82, 2.24) is 0 Å². The van der Waals surface area contributed by atoms with Gasteiger partial charge in [-0.25, -0.2) is 0 Å². The lowest BCUT2D eigenvalue weighted by atomic mass is 10.0. The quantitative estimate of drug-likeness (QED) is 0.815. The Bertz CT molecular complexity index is 603. The maximum Gasteiger partial charge on any atom is 0.224 e. The number of nitrogens with two attached hydrogens (primary N) is 1. The standard InChI is InChI=1S/C18H22N2O/c1-13(2)16-5-3-4-6-17(16)20-18(21)12-9-14-7-10-15(19)11-8-14/h3-8,10-11,13H,9,12,19H2,1-2H3,(H,20,21). The first-order valence-corrected chi connectivity index (χ1v) is 7.29. The molecule has 2 aromatic rings. The van der Waals surface area contributed by atoms with Gasteiger partial charge in [0.2, 0.25) is 5.91 Å². The molecule has 0 atom stereocenters. The molecule has 0 bridgehead atoms.